The van der Waals surface area contributed by atoms with Gasteiger partial charge in [0.1, 0.15) is 6.29 Å². The molecular formula is C33H29NO. The van der Waals surface area contributed by atoms with Crippen molar-refractivity contribution in [2.45, 2.75) is 13.1 Å². The second kappa shape index (κ2) is 12.7. The van der Waals surface area contributed by atoms with Crippen LogP contribution < -0.4 is 4.90 Å². The molecule has 0 N–H and O–H groups in total. The zero-order valence-electron chi connectivity index (χ0n) is 19.7. The van der Waals surface area contributed by atoms with E-state index >= 15 is 0 Å². The summed E-state index contributed by atoms with van der Waals surface area (Å²) in [5.74, 6) is 0. The topological polar surface area (TPSA) is 20.3 Å². The Labute approximate surface area is 208 Å². The van der Waals surface area contributed by atoms with E-state index in [1.807, 2.05) is 48.5 Å². The number of carbonyl (C=O) groups excluding carboxylic acids is 1. The third kappa shape index (κ3) is 7.28. The first kappa shape index (κ1) is 23.7. The predicted octanol–water partition coefficient (Wildman–Crippen LogP) is 8.06. The molecule has 0 heterocycles. The number of hydrogen-bond donors (Lipinski definition) is 0. The minimum Gasteiger partial charge on any atom is -0.363 e. The first-order valence-electron chi connectivity index (χ1n) is 11.8. The lowest BCUT2D eigenvalue weighted by atomic mass is 10.1. The van der Waals surface area contributed by atoms with Crippen molar-refractivity contribution in [1.82, 2.24) is 0 Å². The maximum atomic E-state index is 10.9. The van der Waals surface area contributed by atoms with E-state index in [2.05, 4.69) is 102 Å². The number of carbonyl (C=O) groups is 1. The average Bonchev–Trinajstić information content (AvgIpc) is 2.95. The van der Waals surface area contributed by atoms with Crippen LogP contribution in [0.15, 0.2) is 146 Å². The van der Waals surface area contributed by atoms with Crippen LogP contribution in [0.25, 0.3) is 11.1 Å². The highest BCUT2D eigenvalue weighted by Crippen LogP contribution is 2.21. The predicted molar refractivity (Wildman–Crippen MR) is 146 cm³/mol. The SMILES string of the molecule is O=Cc1ccc(N(Cc2ccccc2)Cc2ccccc2)cc1.c1ccc(-c2ccccc2)cc1. The van der Waals surface area contributed by atoms with Gasteiger partial charge >= 0.3 is 0 Å². The van der Waals surface area contributed by atoms with Gasteiger partial charge in [-0.3, -0.25) is 4.79 Å². The van der Waals surface area contributed by atoms with Crippen molar-refractivity contribution < 1.29 is 4.79 Å². The molecule has 0 spiro atoms. The highest BCUT2D eigenvalue weighted by molar-refractivity contribution is 5.75. The average molecular weight is 456 g/mol. The van der Waals surface area contributed by atoms with Crippen LogP contribution in [0.3, 0.4) is 0 Å². The fourth-order valence-electron chi connectivity index (χ4n) is 3.87. The molecule has 0 bridgehead atoms. The largest absolute Gasteiger partial charge is 0.363 e. The van der Waals surface area contributed by atoms with Crippen molar-refractivity contribution in [3.8, 4) is 11.1 Å². The molecule has 0 saturated heterocycles. The van der Waals surface area contributed by atoms with Gasteiger partial charge in [-0.2, -0.15) is 0 Å². The summed E-state index contributed by atoms with van der Waals surface area (Å²) in [6.45, 7) is 1.66. The molecule has 0 radical (unpaired) electrons. The Morgan fingerprint density at radius 2 is 0.829 bits per heavy atom. The summed E-state index contributed by atoms with van der Waals surface area (Å²) in [6.07, 6.45) is 0.877. The fourth-order valence-corrected chi connectivity index (χ4v) is 3.87. The van der Waals surface area contributed by atoms with Gasteiger partial charge in [0, 0.05) is 24.3 Å². The number of anilines is 1. The number of nitrogens with zero attached hydrogens (tertiary/aromatic N) is 1. The van der Waals surface area contributed by atoms with Crippen molar-refractivity contribution in [3.05, 3.63) is 162 Å². The van der Waals surface area contributed by atoms with Crippen molar-refractivity contribution in [1.29, 1.82) is 0 Å². The molecule has 0 aliphatic carbocycles. The third-order valence-electron chi connectivity index (χ3n) is 5.71. The van der Waals surface area contributed by atoms with E-state index in [0.717, 1.165) is 25.1 Å². The molecule has 0 atom stereocenters. The van der Waals surface area contributed by atoms with Gasteiger partial charge in [-0.25, -0.2) is 0 Å². The minimum absolute atomic E-state index is 0.702. The first-order valence-corrected chi connectivity index (χ1v) is 11.8. The molecule has 35 heavy (non-hydrogen) atoms. The Morgan fingerprint density at radius 1 is 0.457 bits per heavy atom. The van der Waals surface area contributed by atoms with Gasteiger partial charge < -0.3 is 4.90 Å². The fraction of sp³-hybridized carbons (Fsp3) is 0.0606. The smallest absolute Gasteiger partial charge is 0.150 e. The second-order valence-corrected chi connectivity index (χ2v) is 8.27. The van der Waals surface area contributed by atoms with Gasteiger partial charge in [0.05, 0.1) is 0 Å². The van der Waals surface area contributed by atoms with Crippen molar-refractivity contribution in [2.24, 2.45) is 0 Å². The van der Waals surface area contributed by atoms with E-state index in [-0.39, 0.29) is 0 Å². The Kier molecular flexibility index (Phi) is 8.62. The Balaban J connectivity index is 0.000000201. The quantitative estimate of drug-likeness (QED) is 0.231. The lowest BCUT2D eigenvalue weighted by molar-refractivity contribution is 0.112. The van der Waals surface area contributed by atoms with E-state index in [0.29, 0.717) is 5.56 Å². The van der Waals surface area contributed by atoms with Crippen LogP contribution in [-0.4, -0.2) is 6.29 Å². The monoisotopic (exact) mass is 455 g/mol. The molecule has 5 aromatic rings. The van der Waals surface area contributed by atoms with E-state index in [9.17, 15) is 4.79 Å². The van der Waals surface area contributed by atoms with Gasteiger partial charge in [-0.1, -0.05) is 121 Å². The Bertz CT molecular complexity index is 1190. The van der Waals surface area contributed by atoms with Crippen LogP contribution in [0.5, 0.6) is 0 Å². The lowest BCUT2D eigenvalue weighted by Crippen LogP contribution is -2.22. The van der Waals surface area contributed by atoms with Gasteiger partial charge in [-0.05, 0) is 46.5 Å². The Morgan fingerprint density at radius 3 is 1.20 bits per heavy atom. The number of aldehydes is 1. The molecule has 2 nitrogen and oxygen atoms in total. The van der Waals surface area contributed by atoms with Crippen LogP contribution >= 0.6 is 0 Å². The van der Waals surface area contributed by atoms with Crippen LogP contribution in [0.2, 0.25) is 0 Å². The molecule has 2 heteroatoms. The van der Waals surface area contributed by atoms with Crippen LogP contribution in [0, 0.1) is 0 Å². The number of benzene rings is 5. The zero-order chi connectivity index (χ0) is 24.1. The summed E-state index contributed by atoms with van der Waals surface area (Å²) in [5.41, 5.74) is 6.90. The highest BCUT2D eigenvalue weighted by atomic mass is 16.1. The van der Waals surface area contributed by atoms with Crippen LogP contribution in [0.4, 0.5) is 5.69 Å². The summed E-state index contributed by atoms with van der Waals surface area (Å²) < 4.78 is 0. The molecule has 5 aromatic carbocycles. The summed E-state index contributed by atoms with van der Waals surface area (Å²) in [6, 6.07) is 49.4. The summed E-state index contributed by atoms with van der Waals surface area (Å²) >= 11 is 0. The van der Waals surface area contributed by atoms with E-state index < -0.39 is 0 Å². The molecule has 0 aliphatic rings. The maximum Gasteiger partial charge on any atom is 0.150 e. The zero-order valence-corrected chi connectivity index (χ0v) is 19.7. The van der Waals surface area contributed by atoms with Crippen LogP contribution in [-0.2, 0) is 13.1 Å². The normalized spacial score (nSPS) is 10.1. The van der Waals surface area contributed by atoms with E-state index in [4.69, 9.17) is 0 Å². The maximum absolute atomic E-state index is 10.9. The van der Waals surface area contributed by atoms with E-state index in [1.165, 1.54) is 22.3 Å². The molecule has 0 amide bonds. The lowest BCUT2D eigenvalue weighted by Gasteiger charge is -2.25. The molecule has 0 aliphatic heterocycles. The molecule has 5 rings (SSSR count). The van der Waals surface area contributed by atoms with Crippen LogP contribution in [0.1, 0.15) is 21.5 Å². The van der Waals surface area contributed by atoms with Gasteiger partial charge in [-0.15, -0.1) is 0 Å². The van der Waals surface area contributed by atoms with Gasteiger partial charge in [0.2, 0.25) is 0 Å². The van der Waals surface area contributed by atoms with Gasteiger partial charge in [0.25, 0.3) is 0 Å². The second-order valence-electron chi connectivity index (χ2n) is 8.27. The van der Waals surface area contributed by atoms with Gasteiger partial charge in [0.15, 0.2) is 0 Å². The summed E-state index contributed by atoms with van der Waals surface area (Å²) in [7, 11) is 0. The highest BCUT2D eigenvalue weighted by Gasteiger charge is 2.08. The molecule has 0 aromatic heterocycles. The van der Waals surface area contributed by atoms with Crippen molar-refractivity contribution in [2.75, 3.05) is 4.90 Å². The number of hydrogen-bond acceptors (Lipinski definition) is 2. The molecule has 0 fully saturated rings. The molecule has 172 valence electrons. The molecular weight excluding hydrogens is 426 g/mol. The standard InChI is InChI=1S/C21H19NO.C12H10/c23-17-20-11-13-21(14-12-20)22(15-18-7-3-1-4-8-18)16-19-9-5-2-6-10-19;1-3-7-11(8-4-1)12-9-5-2-6-10-12/h1-14,17H,15-16H2;1-10H. The number of rotatable bonds is 7. The first-order chi connectivity index (χ1) is 17.3. The molecule has 0 saturated carbocycles. The molecule has 0 unspecified atom stereocenters. The minimum atomic E-state index is 0.702. The third-order valence-corrected chi connectivity index (χ3v) is 5.71. The van der Waals surface area contributed by atoms with Crippen molar-refractivity contribution >= 4 is 12.0 Å². The summed E-state index contributed by atoms with van der Waals surface area (Å²) in [4.78, 5) is 13.2. The van der Waals surface area contributed by atoms with Crippen molar-refractivity contribution in [3.63, 3.8) is 0 Å². The Hall–Kier alpha value is -4.43. The van der Waals surface area contributed by atoms with E-state index in [1.54, 1.807) is 0 Å². The summed E-state index contributed by atoms with van der Waals surface area (Å²) in [5, 5.41) is 0.